The Morgan fingerprint density at radius 3 is 2.75 bits per heavy atom. The maximum Gasteiger partial charge on any atom is 0.418 e. The first-order chi connectivity index (χ1) is 18.2. The molecule has 0 radical (unpaired) electrons. The number of pyridine rings is 1. The Morgan fingerprint density at radius 1 is 1.33 bits per heavy atom. The molecular formula is C22H22F3N7O4. The van der Waals surface area contributed by atoms with Crippen LogP contribution in [0.15, 0.2) is 24.5 Å². The number of aliphatic hydroxyl groups excluding tert-OH is 1. The molecule has 4 N–H and O–H groups in total. The van der Waals surface area contributed by atoms with Crippen molar-refractivity contribution in [3.63, 3.8) is 0 Å². The van der Waals surface area contributed by atoms with Crippen molar-refractivity contribution < 1.29 is 36.7 Å². The van der Waals surface area contributed by atoms with E-state index in [1.54, 1.807) is 5.32 Å². The van der Waals surface area contributed by atoms with E-state index in [0.29, 0.717) is 0 Å². The number of amides is 2. The molecule has 2 atom stereocenters. The van der Waals surface area contributed by atoms with Gasteiger partial charge in [-0.05, 0) is 30.7 Å². The highest BCUT2D eigenvalue weighted by Crippen LogP contribution is 2.70. The zero-order chi connectivity index (χ0) is 28.3. The number of alkyl halides is 3. The summed E-state index contributed by atoms with van der Waals surface area (Å²) in [6.07, 6.45) is -2.74. The van der Waals surface area contributed by atoms with Crippen molar-refractivity contribution in [1.29, 1.82) is 0 Å². The number of hydrogen-bond acceptors (Lipinski definition) is 8. The summed E-state index contributed by atoms with van der Waals surface area (Å²) in [5.41, 5.74) is -1.13. The van der Waals surface area contributed by atoms with Crippen molar-refractivity contribution in [2.75, 3.05) is 24.7 Å². The Kier molecular flexibility index (Phi) is 4.69. The highest BCUT2D eigenvalue weighted by atomic mass is 19.4. The molecule has 0 saturated heterocycles. The molecule has 0 bridgehead atoms. The molecule has 5 rings (SSSR count). The van der Waals surface area contributed by atoms with Gasteiger partial charge in [0.1, 0.15) is 5.52 Å². The fourth-order valence-electron chi connectivity index (χ4n) is 4.33. The molecule has 0 aliphatic heterocycles. The number of anilines is 3. The van der Waals surface area contributed by atoms with E-state index in [1.165, 1.54) is 23.0 Å². The lowest BCUT2D eigenvalue weighted by atomic mass is 10.1. The van der Waals surface area contributed by atoms with E-state index in [2.05, 4.69) is 25.9 Å². The Bertz CT molecular complexity index is 1470. The van der Waals surface area contributed by atoms with Crippen LogP contribution in [0, 0.1) is 11.3 Å². The smallest absolute Gasteiger partial charge is 0.418 e. The average molecular weight is 508 g/mol. The predicted molar refractivity (Wildman–Crippen MR) is 120 cm³/mol. The minimum atomic E-state index is -4.98. The number of carbonyl (C=O) groups excluding carboxylic acids is 2. The molecule has 1 spiro atoms. The summed E-state index contributed by atoms with van der Waals surface area (Å²) in [5, 5.41) is 28.8. The third kappa shape index (κ3) is 4.06. The van der Waals surface area contributed by atoms with Gasteiger partial charge < -0.3 is 25.8 Å². The van der Waals surface area contributed by atoms with Crippen molar-refractivity contribution in [1.82, 2.24) is 25.1 Å². The largest absolute Gasteiger partial charge is 0.494 e. The van der Waals surface area contributed by atoms with Crippen LogP contribution in [0.25, 0.3) is 5.52 Å². The van der Waals surface area contributed by atoms with Gasteiger partial charge in [0, 0.05) is 34.8 Å². The Labute approximate surface area is 206 Å². The van der Waals surface area contributed by atoms with Crippen LogP contribution < -0.4 is 20.7 Å². The molecule has 3 heterocycles. The maximum atomic E-state index is 13.3. The minimum Gasteiger partial charge on any atom is -0.494 e. The fourth-order valence-corrected chi connectivity index (χ4v) is 4.33. The third-order valence-corrected chi connectivity index (χ3v) is 6.52. The van der Waals surface area contributed by atoms with Gasteiger partial charge >= 0.3 is 6.18 Å². The summed E-state index contributed by atoms with van der Waals surface area (Å²) >= 11 is 0. The summed E-state index contributed by atoms with van der Waals surface area (Å²) < 4.78 is 68.2. The number of methoxy groups -OCH3 is 1. The van der Waals surface area contributed by atoms with E-state index in [-0.39, 0.29) is 45.7 Å². The zero-order valence-corrected chi connectivity index (χ0v) is 18.7. The van der Waals surface area contributed by atoms with Crippen LogP contribution in [-0.4, -0.2) is 57.0 Å². The second kappa shape index (κ2) is 8.33. The molecule has 3 aromatic rings. The summed E-state index contributed by atoms with van der Waals surface area (Å²) in [6.45, 7) is -2.86. The van der Waals surface area contributed by atoms with Crippen molar-refractivity contribution >= 4 is 34.5 Å². The van der Waals surface area contributed by atoms with E-state index in [4.69, 9.17) is 8.85 Å². The Hall–Kier alpha value is -3.94. The maximum absolute atomic E-state index is 13.3. The number of hydrogen-bond donors (Lipinski definition) is 4. The van der Waals surface area contributed by atoms with E-state index < -0.39 is 36.4 Å². The number of nitrogens with one attached hydrogen (secondary N) is 3. The number of ether oxygens (including phenoxy) is 1. The molecule has 2 aliphatic carbocycles. The van der Waals surface area contributed by atoms with Gasteiger partial charge in [-0.1, -0.05) is 0 Å². The average Bonchev–Trinajstić information content (AvgIpc) is 3.74. The fraction of sp³-hybridized carbons (Fsp3) is 0.409. The van der Waals surface area contributed by atoms with Crippen LogP contribution in [0.1, 0.15) is 45.5 Å². The number of rotatable bonds is 7. The van der Waals surface area contributed by atoms with Crippen LogP contribution in [0.5, 0.6) is 5.75 Å². The normalized spacial score (nSPS) is 20.1. The third-order valence-electron chi connectivity index (χ3n) is 6.52. The van der Waals surface area contributed by atoms with Crippen LogP contribution >= 0.6 is 0 Å². The van der Waals surface area contributed by atoms with E-state index in [0.717, 1.165) is 32.4 Å². The second-order valence-corrected chi connectivity index (χ2v) is 8.78. The SMILES string of the molecule is [2H]C([2H])([2H])NC(=O)c1nnc(NC(=O)[C@@H]2CC23CC3)cc1Nc1cnn2ccc([C@H](O)C(F)(F)F)c(OC)c12. The Balaban J connectivity index is 1.53. The molecule has 2 aliphatic rings. The van der Waals surface area contributed by atoms with Gasteiger partial charge in [-0.25, -0.2) is 4.52 Å². The van der Waals surface area contributed by atoms with Crippen molar-refractivity contribution in [3.8, 4) is 5.75 Å². The van der Waals surface area contributed by atoms with Crippen LogP contribution in [0.4, 0.5) is 30.4 Å². The topological polar surface area (TPSA) is 143 Å². The lowest BCUT2D eigenvalue weighted by Gasteiger charge is -2.19. The molecule has 3 aromatic heterocycles. The summed E-state index contributed by atoms with van der Waals surface area (Å²) in [6, 6.07) is 2.24. The number of fused-ring (bicyclic) bond motifs is 1. The Morgan fingerprint density at radius 2 is 2.11 bits per heavy atom. The number of halogens is 3. The lowest BCUT2D eigenvalue weighted by molar-refractivity contribution is -0.207. The van der Waals surface area contributed by atoms with E-state index in [9.17, 15) is 27.9 Å². The number of carbonyl (C=O) groups is 2. The first-order valence-electron chi connectivity index (χ1n) is 12.3. The quantitative estimate of drug-likeness (QED) is 0.381. The molecule has 14 heteroatoms. The van der Waals surface area contributed by atoms with Crippen LogP contribution in [0.2, 0.25) is 0 Å². The molecular weight excluding hydrogens is 483 g/mol. The van der Waals surface area contributed by atoms with Gasteiger partial charge in [0.15, 0.2) is 23.4 Å². The molecule has 0 aromatic carbocycles. The first kappa shape index (κ1) is 20.3. The molecule has 11 nitrogen and oxygen atoms in total. The van der Waals surface area contributed by atoms with Crippen LogP contribution in [0.3, 0.4) is 0 Å². The van der Waals surface area contributed by atoms with Gasteiger partial charge in [0.25, 0.3) is 5.91 Å². The van der Waals surface area contributed by atoms with Gasteiger partial charge in [-0.2, -0.15) is 18.3 Å². The van der Waals surface area contributed by atoms with E-state index >= 15 is 0 Å². The van der Waals surface area contributed by atoms with Gasteiger partial charge in [-0.3, -0.25) is 9.59 Å². The summed E-state index contributed by atoms with van der Waals surface area (Å²) in [4.78, 5) is 25.3. The van der Waals surface area contributed by atoms with Crippen LogP contribution in [-0.2, 0) is 4.79 Å². The molecule has 190 valence electrons. The number of nitrogens with zero attached hydrogens (tertiary/aromatic N) is 4. The highest BCUT2D eigenvalue weighted by molar-refractivity contribution is 6.00. The minimum absolute atomic E-state index is 0.0235. The van der Waals surface area contributed by atoms with Gasteiger partial charge in [-0.15, -0.1) is 10.2 Å². The summed E-state index contributed by atoms with van der Waals surface area (Å²) in [7, 11) is 1.11. The standard InChI is InChI=1S/C22H22F3N7O4/c1-26-20(35)15-12(7-14(30-31-15)29-19(34)11-8-21(11)4-5-21)28-13-9-27-32-6-3-10(17(36-2)16(13)32)18(33)22(23,24)25/h3,6-7,9,11,18,33H,4-5,8H2,1-2H3,(H,26,35)(H2,28,29,30,34)/t11-,18-/m0/s1/i1D3. The highest BCUT2D eigenvalue weighted by Gasteiger charge is 2.65. The number of aromatic nitrogens is 4. The molecule has 2 amide bonds. The monoisotopic (exact) mass is 508 g/mol. The van der Waals surface area contributed by atoms with Crippen molar-refractivity contribution in [2.45, 2.75) is 31.5 Å². The van der Waals surface area contributed by atoms with Crippen molar-refractivity contribution in [2.24, 2.45) is 11.3 Å². The number of aliphatic hydroxyl groups is 1. The van der Waals surface area contributed by atoms with E-state index in [1.807, 2.05) is 0 Å². The lowest BCUT2D eigenvalue weighted by Crippen LogP contribution is -2.22. The zero-order valence-electron chi connectivity index (χ0n) is 21.7. The molecule has 0 unspecified atom stereocenters. The predicted octanol–water partition coefficient (Wildman–Crippen LogP) is 2.57. The van der Waals surface area contributed by atoms with Gasteiger partial charge in [0.05, 0.1) is 24.7 Å². The molecule has 36 heavy (non-hydrogen) atoms. The second-order valence-electron chi connectivity index (χ2n) is 8.78. The summed E-state index contributed by atoms with van der Waals surface area (Å²) in [5.74, 6) is -1.94. The molecule has 2 saturated carbocycles. The van der Waals surface area contributed by atoms with Crippen molar-refractivity contribution in [3.05, 3.63) is 35.8 Å². The van der Waals surface area contributed by atoms with Gasteiger partial charge in [0.2, 0.25) is 5.91 Å². The molecule has 2 fully saturated rings. The first-order valence-corrected chi connectivity index (χ1v) is 10.8.